The Bertz CT molecular complexity index is 634. The number of benzene rings is 1. The van der Waals surface area contributed by atoms with Gasteiger partial charge in [-0.3, -0.25) is 10.1 Å². The Hall–Kier alpha value is -1.20. The molecule has 0 atom stereocenters. The number of nitrogens with zero attached hydrogens (tertiary/aromatic N) is 1. The number of aromatic nitrogens is 1. The molecule has 19 heavy (non-hydrogen) atoms. The number of thiazole rings is 1. The predicted octanol–water partition coefficient (Wildman–Crippen LogP) is 4.34. The fourth-order valence-electron chi connectivity index (χ4n) is 1.93. The van der Waals surface area contributed by atoms with Gasteiger partial charge in [-0.2, -0.15) is 0 Å². The molecule has 0 aliphatic heterocycles. The van der Waals surface area contributed by atoms with Crippen molar-refractivity contribution in [1.29, 1.82) is 0 Å². The van der Waals surface area contributed by atoms with Crippen LogP contribution in [0.1, 0.15) is 40.4 Å². The molecule has 3 nitrogen and oxygen atoms in total. The molecule has 0 saturated heterocycles. The number of rotatable bonds is 3. The first-order valence-corrected chi connectivity index (χ1v) is 7.84. The lowest BCUT2D eigenvalue weighted by Gasteiger charge is -2.06. The lowest BCUT2D eigenvalue weighted by molar-refractivity contribution is 0.102. The van der Waals surface area contributed by atoms with Gasteiger partial charge in [0, 0.05) is 21.3 Å². The normalized spacial score (nSPS) is 14.4. The van der Waals surface area contributed by atoms with Crippen LogP contribution >= 0.6 is 27.3 Å². The van der Waals surface area contributed by atoms with Crippen LogP contribution in [0.25, 0.3) is 0 Å². The molecule has 5 heteroatoms. The van der Waals surface area contributed by atoms with Gasteiger partial charge in [0.1, 0.15) is 0 Å². The zero-order valence-corrected chi connectivity index (χ0v) is 12.8. The van der Waals surface area contributed by atoms with Crippen LogP contribution in [0.2, 0.25) is 0 Å². The third-order valence-corrected chi connectivity index (χ3v) is 4.89. The maximum absolute atomic E-state index is 12.2. The quantitative estimate of drug-likeness (QED) is 0.905. The minimum atomic E-state index is -0.101. The van der Waals surface area contributed by atoms with E-state index in [4.69, 9.17) is 0 Å². The summed E-state index contributed by atoms with van der Waals surface area (Å²) in [6.45, 7) is 1.93. The summed E-state index contributed by atoms with van der Waals surface area (Å²) in [5, 5.41) is 5.61. The van der Waals surface area contributed by atoms with Crippen LogP contribution in [0.5, 0.6) is 0 Å². The van der Waals surface area contributed by atoms with Crippen LogP contribution < -0.4 is 5.32 Å². The van der Waals surface area contributed by atoms with Gasteiger partial charge in [-0.15, -0.1) is 11.3 Å². The molecule has 2 aromatic rings. The largest absolute Gasteiger partial charge is 0.298 e. The summed E-state index contributed by atoms with van der Waals surface area (Å²) in [6, 6.07) is 5.62. The van der Waals surface area contributed by atoms with Crippen LogP contribution in [0.3, 0.4) is 0 Å². The van der Waals surface area contributed by atoms with E-state index in [-0.39, 0.29) is 5.91 Å². The fourth-order valence-corrected chi connectivity index (χ4v) is 3.08. The number of hydrogen-bond donors (Lipinski definition) is 1. The first-order valence-electron chi connectivity index (χ1n) is 6.17. The van der Waals surface area contributed by atoms with E-state index in [9.17, 15) is 4.79 Å². The van der Waals surface area contributed by atoms with Crippen LogP contribution in [0, 0.1) is 6.92 Å². The molecule has 3 rings (SSSR count). The Balaban J connectivity index is 1.78. The second kappa shape index (κ2) is 5.06. The van der Waals surface area contributed by atoms with Crippen LogP contribution in [0.15, 0.2) is 28.1 Å². The molecule has 1 aromatic heterocycles. The maximum atomic E-state index is 12.2. The van der Waals surface area contributed by atoms with Gasteiger partial charge < -0.3 is 0 Å². The van der Waals surface area contributed by atoms with E-state index >= 15 is 0 Å². The van der Waals surface area contributed by atoms with Crippen LogP contribution in [-0.4, -0.2) is 10.9 Å². The highest BCUT2D eigenvalue weighted by molar-refractivity contribution is 9.10. The van der Waals surface area contributed by atoms with Crippen molar-refractivity contribution in [3.05, 3.63) is 44.9 Å². The van der Waals surface area contributed by atoms with Crippen molar-refractivity contribution >= 4 is 38.3 Å². The van der Waals surface area contributed by atoms with Gasteiger partial charge in [-0.1, -0.05) is 22.0 Å². The third-order valence-electron chi connectivity index (χ3n) is 3.25. The van der Waals surface area contributed by atoms with Gasteiger partial charge in [0.15, 0.2) is 5.13 Å². The summed E-state index contributed by atoms with van der Waals surface area (Å²) in [5.74, 6) is 0.519. The second-order valence-corrected chi connectivity index (χ2v) is 6.43. The summed E-state index contributed by atoms with van der Waals surface area (Å²) < 4.78 is 0.943. The Labute approximate surface area is 124 Å². The number of nitrogens with one attached hydrogen (secondary N) is 1. The van der Waals surface area contributed by atoms with E-state index in [1.54, 1.807) is 0 Å². The minimum absolute atomic E-state index is 0.101. The Morgan fingerprint density at radius 3 is 3.00 bits per heavy atom. The van der Waals surface area contributed by atoms with Gasteiger partial charge in [0.25, 0.3) is 5.91 Å². The molecule has 1 amide bonds. The van der Waals surface area contributed by atoms with E-state index in [0.29, 0.717) is 16.6 Å². The molecular formula is C14H13BrN2OS. The predicted molar refractivity (Wildman–Crippen MR) is 80.9 cm³/mol. The molecular weight excluding hydrogens is 324 g/mol. The molecule has 0 radical (unpaired) electrons. The van der Waals surface area contributed by atoms with Crippen LogP contribution in [-0.2, 0) is 0 Å². The van der Waals surface area contributed by atoms with Crippen molar-refractivity contribution in [3.8, 4) is 0 Å². The molecule has 1 N–H and O–H groups in total. The zero-order valence-electron chi connectivity index (χ0n) is 10.4. The molecule has 1 aromatic carbocycles. The number of halogens is 1. The summed E-state index contributed by atoms with van der Waals surface area (Å²) >= 11 is 4.93. The summed E-state index contributed by atoms with van der Waals surface area (Å²) in [4.78, 5) is 16.7. The van der Waals surface area contributed by atoms with Crippen molar-refractivity contribution in [1.82, 2.24) is 4.98 Å². The lowest BCUT2D eigenvalue weighted by atomic mass is 10.1. The van der Waals surface area contributed by atoms with E-state index in [0.717, 1.165) is 15.7 Å². The molecule has 1 heterocycles. The van der Waals surface area contributed by atoms with Crippen molar-refractivity contribution in [3.63, 3.8) is 0 Å². The van der Waals surface area contributed by atoms with E-state index < -0.39 is 0 Å². The highest BCUT2D eigenvalue weighted by atomic mass is 79.9. The first-order chi connectivity index (χ1) is 9.15. The van der Waals surface area contributed by atoms with Crippen molar-refractivity contribution in [2.24, 2.45) is 0 Å². The Morgan fingerprint density at radius 1 is 1.47 bits per heavy atom. The van der Waals surface area contributed by atoms with Gasteiger partial charge in [-0.25, -0.2) is 4.98 Å². The molecule has 1 aliphatic carbocycles. The molecule has 1 saturated carbocycles. The average molecular weight is 337 g/mol. The average Bonchev–Trinajstić information content (AvgIpc) is 3.14. The molecule has 0 bridgehead atoms. The maximum Gasteiger partial charge on any atom is 0.257 e. The molecule has 0 unspecified atom stereocenters. The minimum Gasteiger partial charge on any atom is -0.298 e. The number of amides is 1. The van der Waals surface area contributed by atoms with E-state index in [2.05, 4.69) is 26.2 Å². The highest BCUT2D eigenvalue weighted by Gasteiger charge is 2.26. The SMILES string of the molecule is Cc1c(Br)cccc1C(=O)Nc1nc(C2CC2)cs1. The molecule has 1 fully saturated rings. The number of carbonyl (C=O) groups is 1. The monoisotopic (exact) mass is 336 g/mol. The Morgan fingerprint density at radius 2 is 2.26 bits per heavy atom. The standard InChI is InChI=1S/C14H13BrN2OS/c1-8-10(3-2-4-11(8)15)13(18)17-14-16-12(7-19-14)9-5-6-9/h2-4,7,9H,5-6H2,1H3,(H,16,17,18). The smallest absolute Gasteiger partial charge is 0.257 e. The molecule has 1 aliphatic rings. The highest BCUT2D eigenvalue weighted by Crippen LogP contribution is 2.40. The number of hydrogen-bond acceptors (Lipinski definition) is 3. The van der Waals surface area contributed by atoms with Gasteiger partial charge in [-0.05, 0) is 37.5 Å². The summed E-state index contributed by atoms with van der Waals surface area (Å²) in [6.07, 6.45) is 2.45. The lowest BCUT2D eigenvalue weighted by Crippen LogP contribution is -2.13. The van der Waals surface area contributed by atoms with Gasteiger partial charge in [0.2, 0.25) is 0 Å². The number of anilines is 1. The van der Waals surface area contributed by atoms with Crippen LogP contribution in [0.4, 0.5) is 5.13 Å². The van der Waals surface area contributed by atoms with Crippen molar-refractivity contribution in [2.75, 3.05) is 5.32 Å². The third kappa shape index (κ3) is 2.72. The van der Waals surface area contributed by atoms with E-state index in [1.165, 1.54) is 24.2 Å². The van der Waals surface area contributed by atoms with Crippen molar-refractivity contribution < 1.29 is 4.79 Å². The molecule has 0 spiro atoms. The second-order valence-electron chi connectivity index (χ2n) is 4.72. The number of carbonyl (C=O) groups excluding carboxylic acids is 1. The zero-order chi connectivity index (χ0) is 13.4. The van der Waals surface area contributed by atoms with Crippen molar-refractivity contribution in [2.45, 2.75) is 25.7 Å². The first kappa shape index (κ1) is 12.8. The molecule has 98 valence electrons. The van der Waals surface area contributed by atoms with E-state index in [1.807, 2.05) is 30.5 Å². The summed E-state index contributed by atoms with van der Waals surface area (Å²) in [5.41, 5.74) is 2.74. The Kier molecular flexibility index (Phi) is 3.41. The summed E-state index contributed by atoms with van der Waals surface area (Å²) in [7, 11) is 0. The topological polar surface area (TPSA) is 42.0 Å². The van der Waals surface area contributed by atoms with Gasteiger partial charge in [0.05, 0.1) is 5.69 Å². The van der Waals surface area contributed by atoms with Gasteiger partial charge >= 0.3 is 0 Å². The fraction of sp³-hybridized carbons (Fsp3) is 0.286.